The number of ether oxygens (including phenoxy) is 3. The van der Waals surface area contributed by atoms with Gasteiger partial charge in [0, 0.05) is 51.0 Å². The fourth-order valence-corrected chi connectivity index (χ4v) is 6.68. The maximum absolute atomic E-state index is 14.0. The van der Waals surface area contributed by atoms with Crippen LogP contribution in [0.3, 0.4) is 0 Å². The summed E-state index contributed by atoms with van der Waals surface area (Å²) in [5.74, 6) is -0.392. The number of H-pyrrole nitrogens is 1. The van der Waals surface area contributed by atoms with E-state index in [4.69, 9.17) is 24.3 Å². The van der Waals surface area contributed by atoms with Crippen molar-refractivity contribution in [2.75, 3.05) is 56.8 Å². The number of rotatable bonds is 13. The minimum absolute atomic E-state index is 0.0390. The first-order chi connectivity index (χ1) is 23.9. The second-order valence-corrected chi connectivity index (χ2v) is 13.0. The lowest BCUT2D eigenvalue weighted by Crippen LogP contribution is -2.44. The molecule has 1 saturated carbocycles. The quantitative estimate of drug-likeness (QED) is 0.179. The highest BCUT2D eigenvalue weighted by Crippen LogP contribution is 2.44. The van der Waals surface area contributed by atoms with Crippen LogP contribution < -0.4 is 14.5 Å². The molecule has 6 rings (SSSR count). The molecule has 2 fully saturated rings. The first-order valence-electron chi connectivity index (χ1n) is 16.7. The van der Waals surface area contributed by atoms with Crippen LogP contribution in [0.2, 0.25) is 0 Å². The summed E-state index contributed by atoms with van der Waals surface area (Å²) in [6, 6.07) is 2.76. The number of anilines is 2. The summed E-state index contributed by atoms with van der Waals surface area (Å²) in [6.45, 7) is 5.70. The van der Waals surface area contributed by atoms with Gasteiger partial charge in [0.15, 0.2) is 17.6 Å². The molecule has 0 spiro atoms. The van der Waals surface area contributed by atoms with Crippen molar-refractivity contribution < 1.29 is 37.3 Å². The molecule has 5 heterocycles. The summed E-state index contributed by atoms with van der Waals surface area (Å²) < 4.78 is 58.5. The van der Waals surface area contributed by atoms with Crippen molar-refractivity contribution >= 4 is 28.6 Å². The number of carboxylic acids is 1. The Hall–Kier alpha value is -4.57. The van der Waals surface area contributed by atoms with Gasteiger partial charge in [-0.2, -0.15) is 13.2 Å². The summed E-state index contributed by atoms with van der Waals surface area (Å²) in [5, 5.41) is 9.14. The van der Waals surface area contributed by atoms with Gasteiger partial charge in [-0.05, 0) is 51.7 Å². The van der Waals surface area contributed by atoms with Gasteiger partial charge in [0.05, 0.1) is 43.1 Å². The molecule has 1 aliphatic carbocycles. The van der Waals surface area contributed by atoms with Crippen molar-refractivity contribution in [2.45, 2.75) is 64.3 Å². The fourth-order valence-electron chi connectivity index (χ4n) is 6.68. The number of methoxy groups -OCH3 is 1. The molecule has 0 bridgehead atoms. The number of aromatic amines is 1. The van der Waals surface area contributed by atoms with Gasteiger partial charge in [0.1, 0.15) is 22.6 Å². The highest BCUT2D eigenvalue weighted by molar-refractivity contribution is 5.91. The van der Waals surface area contributed by atoms with Gasteiger partial charge in [-0.25, -0.2) is 29.7 Å². The van der Waals surface area contributed by atoms with E-state index < -0.39 is 29.7 Å². The van der Waals surface area contributed by atoms with Crippen molar-refractivity contribution in [3.05, 3.63) is 36.3 Å². The number of aromatic nitrogens is 6. The van der Waals surface area contributed by atoms with E-state index in [1.165, 1.54) is 13.1 Å². The van der Waals surface area contributed by atoms with Gasteiger partial charge in [0.25, 0.3) is 0 Å². The zero-order valence-electron chi connectivity index (χ0n) is 28.5. The number of halogens is 3. The first kappa shape index (κ1) is 35.3. The number of carbonyl (C=O) groups is 1. The number of pyridine rings is 2. The predicted molar refractivity (Wildman–Crippen MR) is 179 cm³/mol. The van der Waals surface area contributed by atoms with Crippen LogP contribution in [0.15, 0.2) is 30.7 Å². The number of aliphatic carboxylic acids is 1. The molecule has 0 aromatic carbocycles. The molecule has 4 aromatic rings. The Labute approximate surface area is 287 Å². The van der Waals surface area contributed by atoms with Gasteiger partial charge in [-0.1, -0.05) is 6.42 Å². The molecule has 4 aromatic heterocycles. The Morgan fingerprint density at radius 3 is 2.48 bits per heavy atom. The molecule has 1 unspecified atom stereocenters. The Kier molecular flexibility index (Phi) is 10.1. The lowest BCUT2D eigenvalue weighted by atomic mass is 9.69. The standard InChI is InChI=1S/C34H41F3N8O5/c1-5-49-31-23(34(35,36)37)13-21(15-40-31)24-14-26(44(3)18-33(19-48-4)9-6-10-33)28-30(41-24)43-29(42-28)25-16-39-27(17-38-25)45-11-7-22(8-12-45)50-20(2)32(46)47/h13-17,20,22H,5-12,18-19H2,1-4H3,(H,46,47)(H,41,42,43). The van der Waals surface area contributed by atoms with Gasteiger partial charge >= 0.3 is 12.1 Å². The molecule has 2 N–H and O–H groups in total. The van der Waals surface area contributed by atoms with E-state index in [0.717, 1.165) is 25.3 Å². The zero-order valence-corrected chi connectivity index (χ0v) is 28.5. The number of nitrogens with one attached hydrogen (secondary N) is 1. The van der Waals surface area contributed by atoms with Crippen LogP contribution in [0.1, 0.15) is 51.5 Å². The maximum atomic E-state index is 14.0. The minimum atomic E-state index is -4.68. The van der Waals surface area contributed by atoms with Crippen molar-refractivity contribution in [3.8, 4) is 28.7 Å². The van der Waals surface area contributed by atoms with E-state index in [1.807, 2.05) is 7.05 Å². The van der Waals surface area contributed by atoms with Crippen LogP contribution >= 0.6 is 0 Å². The summed E-state index contributed by atoms with van der Waals surface area (Å²) in [4.78, 5) is 41.3. The number of imidazole rings is 1. The van der Waals surface area contributed by atoms with Crippen molar-refractivity contribution in [1.29, 1.82) is 0 Å². The SMILES string of the molecule is CCOc1ncc(-c2cc(N(C)CC3(COC)CCC3)c3[nH]c(-c4cnc(N5CCC(OC(C)C(=O)O)CC5)cn4)nc3n2)cc1C(F)(F)F. The van der Waals surface area contributed by atoms with Gasteiger partial charge < -0.3 is 34.1 Å². The molecule has 1 aliphatic heterocycles. The number of alkyl halides is 3. The molecule has 1 atom stereocenters. The van der Waals surface area contributed by atoms with Crippen LogP contribution in [0, 0.1) is 5.41 Å². The van der Waals surface area contributed by atoms with Crippen LogP contribution in [-0.2, 0) is 20.4 Å². The summed E-state index contributed by atoms with van der Waals surface area (Å²) in [5.41, 5.74) is 1.52. The van der Waals surface area contributed by atoms with E-state index in [-0.39, 0.29) is 29.4 Å². The second-order valence-electron chi connectivity index (χ2n) is 13.0. The van der Waals surface area contributed by atoms with Crippen LogP contribution in [0.4, 0.5) is 24.7 Å². The van der Waals surface area contributed by atoms with Gasteiger partial charge in [-0.15, -0.1) is 0 Å². The molecule has 16 heteroatoms. The molecule has 0 amide bonds. The molecule has 50 heavy (non-hydrogen) atoms. The molecular weight excluding hydrogens is 657 g/mol. The van der Waals surface area contributed by atoms with Crippen molar-refractivity contribution in [2.24, 2.45) is 5.41 Å². The van der Waals surface area contributed by atoms with E-state index in [0.29, 0.717) is 73.3 Å². The topological polar surface area (TPSA) is 152 Å². The molecule has 1 saturated heterocycles. The molecular formula is C34H41F3N8O5. The normalized spacial score (nSPS) is 17.1. The summed E-state index contributed by atoms with van der Waals surface area (Å²) in [7, 11) is 3.63. The third-order valence-electron chi connectivity index (χ3n) is 9.41. The Morgan fingerprint density at radius 1 is 1.12 bits per heavy atom. The predicted octanol–water partition coefficient (Wildman–Crippen LogP) is 5.61. The van der Waals surface area contributed by atoms with Gasteiger partial charge in [0.2, 0.25) is 5.88 Å². The van der Waals surface area contributed by atoms with E-state index >= 15 is 0 Å². The fraction of sp³-hybridized carbons (Fsp3) is 0.529. The van der Waals surface area contributed by atoms with Crippen LogP contribution in [-0.4, -0.2) is 100 Å². The minimum Gasteiger partial charge on any atom is -0.479 e. The van der Waals surface area contributed by atoms with Crippen LogP contribution in [0.5, 0.6) is 5.88 Å². The van der Waals surface area contributed by atoms with Crippen LogP contribution in [0.25, 0.3) is 33.9 Å². The average Bonchev–Trinajstić information content (AvgIpc) is 3.51. The number of hydrogen-bond donors (Lipinski definition) is 2. The third-order valence-corrected chi connectivity index (χ3v) is 9.41. The molecule has 2 aliphatic rings. The maximum Gasteiger partial charge on any atom is 0.421 e. The monoisotopic (exact) mass is 698 g/mol. The highest BCUT2D eigenvalue weighted by atomic mass is 19.4. The first-order valence-corrected chi connectivity index (χ1v) is 16.7. The molecule has 0 radical (unpaired) electrons. The summed E-state index contributed by atoms with van der Waals surface area (Å²) >= 11 is 0. The van der Waals surface area contributed by atoms with Gasteiger partial charge in [-0.3, -0.25) is 0 Å². The second kappa shape index (κ2) is 14.3. The summed E-state index contributed by atoms with van der Waals surface area (Å²) in [6.07, 6.45) is 3.35. The smallest absolute Gasteiger partial charge is 0.421 e. The largest absolute Gasteiger partial charge is 0.479 e. The zero-order chi connectivity index (χ0) is 35.6. The molecule has 268 valence electrons. The Balaban J connectivity index is 1.31. The lowest BCUT2D eigenvalue weighted by Gasteiger charge is -2.44. The van der Waals surface area contributed by atoms with E-state index in [1.54, 1.807) is 32.5 Å². The lowest BCUT2D eigenvalue weighted by molar-refractivity contribution is -0.153. The van der Waals surface area contributed by atoms with E-state index in [9.17, 15) is 18.0 Å². The number of nitrogens with zero attached hydrogens (tertiary/aromatic N) is 7. The van der Waals surface area contributed by atoms with E-state index in [2.05, 4.69) is 34.7 Å². The number of piperidine rings is 1. The Morgan fingerprint density at radius 2 is 1.88 bits per heavy atom. The third kappa shape index (κ3) is 7.45. The number of hydrogen-bond acceptors (Lipinski definition) is 11. The van der Waals surface area contributed by atoms with Crippen molar-refractivity contribution in [1.82, 2.24) is 29.9 Å². The number of fused-ring (bicyclic) bond motifs is 1. The highest BCUT2D eigenvalue weighted by Gasteiger charge is 2.39. The average molecular weight is 699 g/mol. The number of carboxylic acid groups (broad SMARTS) is 1. The Bertz CT molecular complexity index is 1810. The molecule has 13 nitrogen and oxygen atoms in total. The van der Waals surface area contributed by atoms with Crippen molar-refractivity contribution in [3.63, 3.8) is 0 Å².